The molecule has 152 valence electrons. The summed E-state index contributed by atoms with van der Waals surface area (Å²) in [7, 11) is -2.54. The van der Waals surface area contributed by atoms with Crippen molar-refractivity contribution in [3.63, 3.8) is 0 Å². The lowest BCUT2D eigenvalue weighted by Gasteiger charge is -2.33. The van der Waals surface area contributed by atoms with Gasteiger partial charge in [0.2, 0.25) is 0 Å². The summed E-state index contributed by atoms with van der Waals surface area (Å²) in [5.41, 5.74) is 4.10. The second kappa shape index (κ2) is 6.60. The van der Waals surface area contributed by atoms with Gasteiger partial charge in [-0.2, -0.15) is 0 Å². The standard InChI is InChI=1S/C26H37OP/c1-24(2,3)18-16-19(25(4,5)6)23(20(17-18)26(7,8)9)28(27)21-14-12-10-11-13-15-22(21)28/h10-17,21-22H,1-9H3/b11-10-,14-12-,15-13-. The Balaban J connectivity index is 2.36. The molecule has 1 aromatic carbocycles. The van der Waals surface area contributed by atoms with E-state index in [0.29, 0.717) is 0 Å². The zero-order valence-electron chi connectivity index (χ0n) is 19.1. The molecule has 0 radical (unpaired) electrons. The largest absolute Gasteiger partial charge is 0.317 e. The van der Waals surface area contributed by atoms with Crippen LogP contribution in [0.5, 0.6) is 0 Å². The van der Waals surface area contributed by atoms with Gasteiger partial charge in [0, 0.05) is 16.6 Å². The van der Waals surface area contributed by atoms with E-state index in [1.165, 1.54) is 16.7 Å². The Bertz CT molecular complexity index is 846. The summed E-state index contributed by atoms with van der Waals surface area (Å²) < 4.78 is 14.6. The topological polar surface area (TPSA) is 17.1 Å². The van der Waals surface area contributed by atoms with Crippen molar-refractivity contribution >= 4 is 12.4 Å². The first kappa shape index (κ1) is 21.4. The minimum atomic E-state index is -2.54. The van der Waals surface area contributed by atoms with Gasteiger partial charge in [-0.15, -0.1) is 0 Å². The fourth-order valence-corrected chi connectivity index (χ4v) is 8.37. The average molecular weight is 397 g/mol. The maximum Gasteiger partial charge on any atom is 0.131 e. The molecule has 2 unspecified atom stereocenters. The lowest BCUT2D eigenvalue weighted by Crippen LogP contribution is -2.31. The zero-order valence-corrected chi connectivity index (χ0v) is 20.0. The quantitative estimate of drug-likeness (QED) is 0.467. The van der Waals surface area contributed by atoms with Crippen LogP contribution in [0.1, 0.15) is 79.0 Å². The van der Waals surface area contributed by atoms with Crippen molar-refractivity contribution < 1.29 is 4.57 Å². The summed E-state index contributed by atoms with van der Waals surface area (Å²) in [4.78, 5) is 0. The third-order valence-electron chi connectivity index (χ3n) is 6.04. The van der Waals surface area contributed by atoms with Crippen molar-refractivity contribution in [1.29, 1.82) is 0 Å². The molecule has 2 aliphatic rings. The van der Waals surface area contributed by atoms with Crippen LogP contribution in [-0.4, -0.2) is 11.3 Å². The molecule has 0 aromatic heterocycles. The van der Waals surface area contributed by atoms with E-state index in [4.69, 9.17) is 0 Å². The molecule has 0 amide bonds. The first-order chi connectivity index (χ1) is 12.7. The predicted molar refractivity (Wildman–Crippen MR) is 125 cm³/mol. The SMILES string of the molecule is CC(C)(C)c1cc(C(C)(C)C)c(P2(=O)C3\C=C/C=C\C=C/C32)c(C(C)(C)C)c1. The molecule has 0 saturated carbocycles. The lowest BCUT2D eigenvalue weighted by atomic mass is 9.75. The Hall–Kier alpha value is -1.33. The molecule has 1 aliphatic heterocycles. The molecule has 1 aliphatic carbocycles. The van der Waals surface area contributed by atoms with Crippen LogP contribution >= 0.6 is 7.14 Å². The van der Waals surface area contributed by atoms with Crippen LogP contribution in [0.4, 0.5) is 0 Å². The van der Waals surface area contributed by atoms with Gasteiger partial charge in [-0.1, -0.05) is 111 Å². The number of benzene rings is 1. The van der Waals surface area contributed by atoms with Gasteiger partial charge in [0.05, 0.1) is 0 Å². The van der Waals surface area contributed by atoms with Crippen LogP contribution in [0.2, 0.25) is 0 Å². The Morgan fingerprint density at radius 1 is 0.643 bits per heavy atom. The summed E-state index contributed by atoms with van der Waals surface area (Å²) in [6.45, 7) is 20.4. The van der Waals surface area contributed by atoms with Crippen LogP contribution in [-0.2, 0) is 20.8 Å². The number of hydrogen-bond donors (Lipinski definition) is 0. The molecule has 1 saturated heterocycles. The third-order valence-corrected chi connectivity index (χ3v) is 9.63. The highest BCUT2D eigenvalue weighted by Gasteiger charge is 2.62. The Labute approximate surface area is 172 Å². The van der Waals surface area contributed by atoms with Crippen molar-refractivity contribution in [3.8, 4) is 0 Å². The van der Waals surface area contributed by atoms with Gasteiger partial charge in [-0.05, 0) is 32.9 Å². The van der Waals surface area contributed by atoms with E-state index in [0.717, 1.165) is 5.30 Å². The van der Waals surface area contributed by atoms with E-state index in [-0.39, 0.29) is 27.6 Å². The minimum absolute atomic E-state index is 0.0576. The van der Waals surface area contributed by atoms with Crippen LogP contribution in [0.25, 0.3) is 0 Å². The second-order valence-corrected chi connectivity index (χ2v) is 14.6. The predicted octanol–water partition coefficient (Wildman–Crippen LogP) is 7.00. The highest BCUT2D eigenvalue weighted by Crippen LogP contribution is 2.75. The Morgan fingerprint density at radius 3 is 1.36 bits per heavy atom. The van der Waals surface area contributed by atoms with Gasteiger partial charge in [0.15, 0.2) is 0 Å². The molecule has 0 bridgehead atoms. The van der Waals surface area contributed by atoms with E-state index in [1.807, 2.05) is 12.2 Å². The fourth-order valence-electron chi connectivity index (χ4n) is 4.22. The Kier molecular flexibility index (Phi) is 5.04. The van der Waals surface area contributed by atoms with Gasteiger partial charge in [-0.3, -0.25) is 0 Å². The molecule has 2 heteroatoms. The van der Waals surface area contributed by atoms with Crippen LogP contribution in [0.15, 0.2) is 48.6 Å². The lowest BCUT2D eigenvalue weighted by molar-refractivity contribution is 0.550. The van der Waals surface area contributed by atoms with E-state index >= 15 is 0 Å². The van der Waals surface area contributed by atoms with Gasteiger partial charge in [0.25, 0.3) is 0 Å². The molecule has 1 fully saturated rings. The fraction of sp³-hybridized carbons (Fsp3) is 0.538. The van der Waals surface area contributed by atoms with Crippen molar-refractivity contribution in [2.45, 2.75) is 89.9 Å². The monoisotopic (exact) mass is 396 g/mol. The average Bonchev–Trinajstić information content (AvgIpc) is 3.05. The maximum absolute atomic E-state index is 14.6. The first-order valence-electron chi connectivity index (χ1n) is 10.5. The second-order valence-electron chi connectivity index (χ2n) is 11.5. The normalized spacial score (nSPS) is 30.8. The number of fused-ring (bicyclic) bond motifs is 1. The summed E-state index contributed by atoms with van der Waals surface area (Å²) >= 11 is 0. The highest BCUT2D eigenvalue weighted by molar-refractivity contribution is 7.81. The van der Waals surface area contributed by atoms with Gasteiger partial charge >= 0.3 is 0 Å². The molecular weight excluding hydrogens is 359 g/mol. The molecular formula is C26H37OP. The van der Waals surface area contributed by atoms with Gasteiger partial charge < -0.3 is 4.57 Å². The molecule has 2 atom stereocenters. The van der Waals surface area contributed by atoms with Crippen molar-refractivity contribution in [2.75, 3.05) is 0 Å². The molecule has 0 spiro atoms. The smallest absolute Gasteiger partial charge is 0.131 e. The molecule has 3 rings (SSSR count). The first-order valence-corrected chi connectivity index (χ1v) is 12.3. The number of hydrogen-bond acceptors (Lipinski definition) is 1. The van der Waals surface area contributed by atoms with Gasteiger partial charge in [-0.25, -0.2) is 0 Å². The summed E-state index contributed by atoms with van der Waals surface area (Å²) in [6, 6.07) is 4.70. The van der Waals surface area contributed by atoms with E-state index < -0.39 is 7.14 Å². The molecule has 1 aromatic rings. The van der Waals surface area contributed by atoms with Crippen LogP contribution < -0.4 is 5.30 Å². The molecule has 28 heavy (non-hydrogen) atoms. The van der Waals surface area contributed by atoms with E-state index in [1.54, 1.807) is 0 Å². The third kappa shape index (κ3) is 3.63. The molecule has 0 N–H and O–H groups in total. The van der Waals surface area contributed by atoms with E-state index in [9.17, 15) is 4.57 Å². The van der Waals surface area contributed by atoms with Crippen molar-refractivity contribution in [2.24, 2.45) is 0 Å². The zero-order chi connectivity index (χ0) is 21.1. The van der Waals surface area contributed by atoms with Crippen molar-refractivity contribution in [3.05, 3.63) is 65.3 Å². The van der Waals surface area contributed by atoms with Crippen molar-refractivity contribution in [1.82, 2.24) is 0 Å². The number of rotatable bonds is 1. The van der Waals surface area contributed by atoms with E-state index in [2.05, 4.69) is 98.8 Å². The van der Waals surface area contributed by atoms with Crippen LogP contribution in [0, 0.1) is 0 Å². The summed E-state index contributed by atoms with van der Waals surface area (Å²) in [5, 5.41) is 1.16. The molecule has 1 nitrogen and oxygen atoms in total. The Morgan fingerprint density at radius 2 is 1.04 bits per heavy atom. The summed E-state index contributed by atoms with van der Waals surface area (Å²) in [6.07, 6.45) is 12.5. The maximum atomic E-state index is 14.6. The summed E-state index contributed by atoms with van der Waals surface area (Å²) in [5.74, 6) is 0. The van der Waals surface area contributed by atoms with Crippen LogP contribution in [0.3, 0.4) is 0 Å². The highest BCUT2D eigenvalue weighted by atomic mass is 31.2. The molecule has 1 heterocycles. The van der Waals surface area contributed by atoms with Gasteiger partial charge in [0.1, 0.15) is 7.14 Å². The number of allylic oxidation sites excluding steroid dienone is 6. The minimum Gasteiger partial charge on any atom is -0.317 e.